The summed E-state index contributed by atoms with van der Waals surface area (Å²) in [5.74, 6) is 1.35. The van der Waals surface area contributed by atoms with Gasteiger partial charge in [0.15, 0.2) is 0 Å². The lowest BCUT2D eigenvalue weighted by atomic mass is 9.86. The van der Waals surface area contributed by atoms with Crippen LogP contribution >= 0.6 is 0 Å². The first-order chi connectivity index (χ1) is 15.1. The largest absolute Gasteiger partial charge is 0.493 e. The van der Waals surface area contributed by atoms with Gasteiger partial charge in [0.05, 0.1) is 12.6 Å². The topological polar surface area (TPSA) is 54.0 Å². The fourth-order valence-corrected chi connectivity index (χ4v) is 5.04. The minimum Gasteiger partial charge on any atom is -0.493 e. The van der Waals surface area contributed by atoms with Gasteiger partial charge in [-0.05, 0) is 61.2 Å². The summed E-state index contributed by atoms with van der Waals surface area (Å²) in [4.78, 5) is 17.2. The van der Waals surface area contributed by atoms with E-state index in [-0.39, 0.29) is 18.2 Å². The molecule has 1 amide bonds. The molecule has 0 aliphatic carbocycles. The van der Waals surface area contributed by atoms with Crippen LogP contribution in [0.3, 0.4) is 0 Å². The minimum absolute atomic E-state index is 0.0214. The van der Waals surface area contributed by atoms with Crippen molar-refractivity contribution < 1.29 is 14.3 Å². The van der Waals surface area contributed by atoms with Gasteiger partial charge in [0, 0.05) is 38.3 Å². The lowest BCUT2D eigenvalue weighted by Crippen LogP contribution is -2.52. The smallest absolute Gasteiger partial charge is 0.407 e. The van der Waals surface area contributed by atoms with Crippen LogP contribution in [0.1, 0.15) is 30.9 Å². The Balaban J connectivity index is 1.29. The molecular weight excluding hydrogens is 390 g/mol. The summed E-state index contributed by atoms with van der Waals surface area (Å²) in [6.07, 6.45) is 2.73. The summed E-state index contributed by atoms with van der Waals surface area (Å²) >= 11 is 0. The third kappa shape index (κ3) is 4.22. The summed E-state index contributed by atoms with van der Waals surface area (Å²) in [6.45, 7) is 3.73. The van der Waals surface area contributed by atoms with Crippen molar-refractivity contribution in [2.45, 2.75) is 31.4 Å². The van der Waals surface area contributed by atoms with Gasteiger partial charge in [0.2, 0.25) is 0 Å². The third-order valence-electron chi connectivity index (χ3n) is 6.90. The summed E-state index contributed by atoms with van der Waals surface area (Å²) in [6, 6.07) is 14.6. The number of anilines is 1. The Morgan fingerprint density at radius 3 is 2.65 bits per heavy atom. The van der Waals surface area contributed by atoms with Gasteiger partial charge in [-0.1, -0.05) is 24.3 Å². The molecule has 4 aliphatic heterocycles. The molecule has 3 fully saturated rings. The number of rotatable bonds is 4. The van der Waals surface area contributed by atoms with E-state index >= 15 is 0 Å². The van der Waals surface area contributed by atoms with E-state index in [4.69, 9.17) is 9.47 Å². The number of amides is 1. The predicted molar refractivity (Wildman–Crippen MR) is 122 cm³/mol. The van der Waals surface area contributed by atoms with Gasteiger partial charge in [0.25, 0.3) is 0 Å². The zero-order chi connectivity index (χ0) is 21.4. The minimum atomic E-state index is -0.306. The maximum Gasteiger partial charge on any atom is 0.407 e. The molecule has 1 unspecified atom stereocenters. The number of carbonyl (C=O) groups excluding carboxylic acids is 1. The molecule has 31 heavy (non-hydrogen) atoms. The van der Waals surface area contributed by atoms with Crippen molar-refractivity contribution in [2.75, 3.05) is 45.2 Å². The van der Waals surface area contributed by atoms with Gasteiger partial charge >= 0.3 is 6.09 Å². The molecule has 2 bridgehead atoms. The summed E-state index contributed by atoms with van der Waals surface area (Å²) in [7, 11) is 4.08. The van der Waals surface area contributed by atoms with Gasteiger partial charge in [-0.25, -0.2) is 4.79 Å². The number of nitrogens with one attached hydrogen (secondary N) is 1. The van der Waals surface area contributed by atoms with Crippen molar-refractivity contribution in [3.63, 3.8) is 0 Å². The monoisotopic (exact) mass is 421 g/mol. The van der Waals surface area contributed by atoms with Crippen LogP contribution in [0.5, 0.6) is 5.75 Å². The van der Waals surface area contributed by atoms with Crippen molar-refractivity contribution in [2.24, 2.45) is 5.92 Å². The van der Waals surface area contributed by atoms with Crippen molar-refractivity contribution in [1.29, 1.82) is 0 Å². The van der Waals surface area contributed by atoms with Crippen LogP contribution in [0.25, 0.3) is 11.1 Å². The Bertz CT molecular complexity index is 953. The van der Waals surface area contributed by atoms with Gasteiger partial charge in [-0.15, -0.1) is 0 Å². The van der Waals surface area contributed by atoms with Crippen molar-refractivity contribution in [3.8, 4) is 16.9 Å². The van der Waals surface area contributed by atoms with Gasteiger partial charge in [-0.3, -0.25) is 4.90 Å². The summed E-state index contributed by atoms with van der Waals surface area (Å²) in [5.41, 5.74) is 4.43. The lowest BCUT2D eigenvalue weighted by Gasteiger charge is -2.44. The van der Waals surface area contributed by atoms with Gasteiger partial charge in [-0.2, -0.15) is 0 Å². The number of benzene rings is 2. The number of alkyl carbamates (subject to hydrolysis) is 1. The second-order valence-corrected chi connectivity index (χ2v) is 9.11. The quantitative estimate of drug-likeness (QED) is 0.807. The third-order valence-corrected chi connectivity index (χ3v) is 6.90. The van der Waals surface area contributed by atoms with Crippen LogP contribution in [-0.2, 0) is 4.74 Å². The second kappa shape index (κ2) is 8.42. The molecule has 164 valence electrons. The standard InChI is InChI=1S/C25H31N3O3/c1-27(2)20-5-3-4-18(14-20)19-6-7-21-22(10-13-30-23(21)15-19)26-25(29)31-24-16-28-11-8-17(24)9-12-28/h3-7,14-15,17,22,24H,8-13,16H2,1-2H3,(H,26,29)/t22?,24-/m0/s1. The zero-order valence-corrected chi connectivity index (χ0v) is 18.3. The fourth-order valence-electron chi connectivity index (χ4n) is 5.04. The number of hydrogen-bond acceptors (Lipinski definition) is 5. The number of nitrogens with zero attached hydrogens (tertiary/aromatic N) is 2. The number of piperidine rings is 3. The van der Waals surface area contributed by atoms with Crippen molar-refractivity contribution >= 4 is 11.8 Å². The molecule has 0 spiro atoms. The molecule has 2 aromatic carbocycles. The molecule has 0 saturated carbocycles. The van der Waals surface area contributed by atoms with Crippen LogP contribution in [0.15, 0.2) is 42.5 Å². The van der Waals surface area contributed by atoms with E-state index in [9.17, 15) is 4.79 Å². The highest BCUT2D eigenvalue weighted by Gasteiger charge is 2.37. The molecule has 6 rings (SSSR count). The first kappa shape index (κ1) is 20.2. The van der Waals surface area contributed by atoms with E-state index in [1.165, 1.54) is 0 Å². The molecule has 6 nitrogen and oxygen atoms in total. The maximum absolute atomic E-state index is 12.7. The molecule has 1 N–H and O–H groups in total. The van der Waals surface area contributed by atoms with Crippen LogP contribution in [0, 0.1) is 5.92 Å². The average Bonchev–Trinajstić information content (AvgIpc) is 2.80. The van der Waals surface area contributed by atoms with E-state index in [0.29, 0.717) is 12.5 Å². The molecule has 0 radical (unpaired) electrons. The van der Waals surface area contributed by atoms with Crippen LogP contribution in [0.4, 0.5) is 10.5 Å². The van der Waals surface area contributed by atoms with Crippen LogP contribution in [0.2, 0.25) is 0 Å². The first-order valence-corrected chi connectivity index (χ1v) is 11.3. The number of carbonyl (C=O) groups is 1. The lowest BCUT2D eigenvalue weighted by molar-refractivity contribution is -0.0342. The molecule has 0 aromatic heterocycles. The second-order valence-electron chi connectivity index (χ2n) is 9.11. The predicted octanol–water partition coefficient (Wildman–Crippen LogP) is 4.06. The number of fused-ring (bicyclic) bond motifs is 4. The molecule has 2 atom stereocenters. The fraction of sp³-hybridized carbons (Fsp3) is 0.480. The highest BCUT2D eigenvalue weighted by Crippen LogP contribution is 2.36. The highest BCUT2D eigenvalue weighted by molar-refractivity contribution is 5.72. The first-order valence-electron chi connectivity index (χ1n) is 11.3. The Labute approximate surface area is 184 Å². The normalized spacial score (nSPS) is 26.5. The summed E-state index contributed by atoms with van der Waals surface area (Å²) in [5, 5.41) is 3.10. The van der Waals surface area contributed by atoms with Crippen molar-refractivity contribution in [3.05, 3.63) is 48.0 Å². The summed E-state index contributed by atoms with van der Waals surface area (Å²) < 4.78 is 11.8. The van der Waals surface area contributed by atoms with E-state index in [0.717, 1.165) is 67.0 Å². The van der Waals surface area contributed by atoms with E-state index in [1.54, 1.807) is 0 Å². The molecular formula is C25H31N3O3. The highest BCUT2D eigenvalue weighted by atomic mass is 16.6. The van der Waals surface area contributed by atoms with Crippen molar-refractivity contribution in [1.82, 2.24) is 10.2 Å². The molecule has 2 aromatic rings. The number of hydrogen-bond donors (Lipinski definition) is 1. The molecule has 3 saturated heterocycles. The number of ether oxygens (including phenoxy) is 2. The molecule has 6 heteroatoms. The van der Waals surface area contributed by atoms with E-state index in [1.807, 2.05) is 14.1 Å². The van der Waals surface area contributed by atoms with Crippen LogP contribution < -0.4 is 15.0 Å². The SMILES string of the molecule is CN(C)c1cccc(-c2ccc3c(c2)OCCC3NC(=O)O[C@H]2CN3CCC2CC3)c1. The average molecular weight is 422 g/mol. The Morgan fingerprint density at radius 1 is 1.10 bits per heavy atom. The van der Waals surface area contributed by atoms with Crippen LogP contribution in [-0.4, -0.2) is 57.4 Å². The maximum atomic E-state index is 12.7. The van der Waals surface area contributed by atoms with Gasteiger partial charge < -0.3 is 19.7 Å². The zero-order valence-electron chi connectivity index (χ0n) is 18.3. The Kier molecular flexibility index (Phi) is 5.48. The Morgan fingerprint density at radius 2 is 1.90 bits per heavy atom. The van der Waals surface area contributed by atoms with E-state index < -0.39 is 0 Å². The molecule has 4 aliphatic rings. The van der Waals surface area contributed by atoms with Gasteiger partial charge in [0.1, 0.15) is 11.9 Å². The molecule has 4 heterocycles. The van der Waals surface area contributed by atoms with E-state index in [2.05, 4.69) is 57.6 Å². The Hall–Kier alpha value is -2.73.